The largest absolute Gasteiger partial charge is 0.311 e. The summed E-state index contributed by atoms with van der Waals surface area (Å²) in [5, 5.41) is 3.41. The molecule has 0 saturated heterocycles. The molecule has 16 heavy (non-hydrogen) atoms. The van der Waals surface area contributed by atoms with E-state index in [4.69, 9.17) is 9.97 Å². The van der Waals surface area contributed by atoms with Gasteiger partial charge in [-0.05, 0) is 26.4 Å². The van der Waals surface area contributed by atoms with E-state index in [9.17, 15) is 0 Å². The van der Waals surface area contributed by atoms with E-state index >= 15 is 0 Å². The standard InChI is InChI=1S/C12H18N4/c1-16-6-4-10-12(8-16)15-11-7-13-5-2-3-9(11)14-10/h13H,2-8H2,1H3. The molecule has 0 bridgehead atoms. The second-order valence-corrected chi connectivity index (χ2v) is 4.78. The van der Waals surface area contributed by atoms with Crippen molar-refractivity contribution >= 4 is 0 Å². The fourth-order valence-corrected chi connectivity index (χ4v) is 2.47. The van der Waals surface area contributed by atoms with Crippen LogP contribution in [0.15, 0.2) is 0 Å². The van der Waals surface area contributed by atoms with Gasteiger partial charge in [0.1, 0.15) is 0 Å². The smallest absolute Gasteiger partial charge is 0.0763 e. The molecule has 0 atom stereocenters. The second-order valence-electron chi connectivity index (χ2n) is 4.78. The molecule has 0 aromatic carbocycles. The molecule has 0 saturated carbocycles. The molecule has 0 radical (unpaired) electrons. The van der Waals surface area contributed by atoms with E-state index < -0.39 is 0 Å². The molecule has 3 rings (SSSR count). The van der Waals surface area contributed by atoms with E-state index in [0.29, 0.717) is 0 Å². The van der Waals surface area contributed by atoms with E-state index in [-0.39, 0.29) is 0 Å². The zero-order chi connectivity index (χ0) is 11.0. The lowest BCUT2D eigenvalue weighted by Gasteiger charge is -2.24. The van der Waals surface area contributed by atoms with Crippen molar-refractivity contribution in [3.05, 3.63) is 22.8 Å². The third-order valence-corrected chi connectivity index (χ3v) is 3.42. The number of hydrogen-bond donors (Lipinski definition) is 1. The first-order valence-corrected chi connectivity index (χ1v) is 6.10. The van der Waals surface area contributed by atoms with Gasteiger partial charge in [0.2, 0.25) is 0 Å². The zero-order valence-corrected chi connectivity index (χ0v) is 9.79. The van der Waals surface area contributed by atoms with Crippen molar-refractivity contribution < 1.29 is 0 Å². The summed E-state index contributed by atoms with van der Waals surface area (Å²) < 4.78 is 0. The summed E-state index contributed by atoms with van der Waals surface area (Å²) in [5.41, 5.74) is 4.83. The van der Waals surface area contributed by atoms with Crippen molar-refractivity contribution in [3.8, 4) is 0 Å². The lowest BCUT2D eigenvalue weighted by Crippen LogP contribution is -2.29. The first-order chi connectivity index (χ1) is 7.83. The summed E-state index contributed by atoms with van der Waals surface area (Å²) in [6.07, 6.45) is 3.32. The Bertz CT molecular complexity index is 402. The minimum atomic E-state index is 0.888. The Labute approximate surface area is 96.1 Å². The van der Waals surface area contributed by atoms with Crippen LogP contribution in [0.5, 0.6) is 0 Å². The highest BCUT2D eigenvalue weighted by Gasteiger charge is 2.19. The van der Waals surface area contributed by atoms with Crippen molar-refractivity contribution in [3.63, 3.8) is 0 Å². The summed E-state index contributed by atoms with van der Waals surface area (Å²) >= 11 is 0. The quantitative estimate of drug-likeness (QED) is 0.688. The van der Waals surface area contributed by atoms with Crippen molar-refractivity contribution in [2.75, 3.05) is 20.1 Å². The van der Waals surface area contributed by atoms with Crippen molar-refractivity contribution in [1.82, 2.24) is 20.2 Å². The van der Waals surface area contributed by atoms with E-state index in [2.05, 4.69) is 17.3 Å². The lowest BCUT2D eigenvalue weighted by atomic mass is 10.1. The fraction of sp³-hybridized carbons (Fsp3) is 0.667. The topological polar surface area (TPSA) is 41.1 Å². The number of nitrogens with one attached hydrogen (secondary N) is 1. The first kappa shape index (κ1) is 10.2. The predicted octanol–water partition coefficient (Wildman–Crippen LogP) is 0.500. The van der Waals surface area contributed by atoms with Crippen LogP contribution in [0, 0.1) is 0 Å². The minimum absolute atomic E-state index is 0.888. The summed E-state index contributed by atoms with van der Waals surface area (Å²) in [4.78, 5) is 11.9. The highest BCUT2D eigenvalue weighted by molar-refractivity contribution is 5.23. The molecule has 0 aliphatic carbocycles. The molecule has 1 aromatic rings. The summed E-state index contributed by atoms with van der Waals surface area (Å²) in [7, 11) is 2.15. The van der Waals surface area contributed by atoms with Gasteiger partial charge in [-0.2, -0.15) is 0 Å². The lowest BCUT2D eigenvalue weighted by molar-refractivity contribution is 0.303. The number of aryl methyl sites for hydroxylation is 1. The minimum Gasteiger partial charge on any atom is -0.311 e. The van der Waals surface area contributed by atoms with Gasteiger partial charge >= 0.3 is 0 Å². The van der Waals surface area contributed by atoms with Crippen LogP contribution in [0.1, 0.15) is 29.2 Å². The molecule has 4 heteroatoms. The van der Waals surface area contributed by atoms with Gasteiger partial charge in [-0.25, -0.2) is 0 Å². The average molecular weight is 218 g/mol. The number of aromatic nitrogens is 2. The van der Waals surface area contributed by atoms with Crippen LogP contribution in [0.2, 0.25) is 0 Å². The summed E-state index contributed by atoms with van der Waals surface area (Å²) in [6, 6.07) is 0. The molecule has 0 spiro atoms. The third-order valence-electron chi connectivity index (χ3n) is 3.42. The van der Waals surface area contributed by atoms with E-state index in [1.807, 2.05) is 0 Å². The number of rotatable bonds is 0. The van der Waals surface area contributed by atoms with Gasteiger partial charge in [0.15, 0.2) is 0 Å². The van der Waals surface area contributed by atoms with Crippen LogP contribution in [-0.2, 0) is 25.9 Å². The maximum Gasteiger partial charge on any atom is 0.0763 e. The van der Waals surface area contributed by atoms with Gasteiger partial charge in [0.25, 0.3) is 0 Å². The summed E-state index contributed by atoms with van der Waals surface area (Å²) in [5.74, 6) is 0. The van der Waals surface area contributed by atoms with Gasteiger partial charge in [-0.1, -0.05) is 0 Å². The Hall–Kier alpha value is -1.00. The molecule has 3 heterocycles. The van der Waals surface area contributed by atoms with Gasteiger partial charge in [0.05, 0.1) is 22.8 Å². The molecule has 2 aliphatic rings. The number of hydrogen-bond acceptors (Lipinski definition) is 4. The highest BCUT2D eigenvalue weighted by atomic mass is 15.1. The molecule has 4 nitrogen and oxygen atoms in total. The molecular weight excluding hydrogens is 200 g/mol. The molecule has 86 valence electrons. The fourth-order valence-electron chi connectivity index (χ4n) is 2.47. The molecule has 0 amide bonds. The summed E-state index contributed by atoms with van der Waals surface area (Å²) in [6.45, 7) is 4.04. The average Bonchev–Trinajstić information content (AvgIpc) is 2.50. The number of fused-ring (bicyclic) bond motifs is 2. The molecule has 1 N–H and O–H groups in total. The van der Waals surface area contributed by atoms with Crippen molar-refractivity contribution in [1.29, 1.82) is 0 Å². The number of nitrogens with zero attached hydrogens (tertiary/aromatic N) is 3. The Balaban J connectivity index is 1.99. The molecule has 0 unspecified atom stereocenters. The Morgan fingerprint density at radius 3 is 2.81 bits per heavy atom. The molecule has 1 aromatic heterocycles. The zero-order valence-electron chi connectivity index (χ0n) is 9.79. The highest BCUT2D eigenvalue weighted by Crippen LogP contribution is 2.18. The van der Waals surface area contributed by atoms with Gasteiger partial charge < -0.3 is 10.2 Å². The number of likely N-dealkylation sites (N-methyl/N-ethyl adjacent to an activating group) is 1. The van der Waals surface area contributed by atoms with Gasteiger partial charge in [-0.3, -0.25) is 9.97 Å². The molecular formula is C12H18N4. The monoisotopic (exact) mass is 218 g/mol. The van der Waals surface area contributed by atoms with Crippen LogP contribution in [-0.4, -0.2) is 35.0 Å². The third kappa shape index (κ3) is 1.83. The molecule has 0 fully saturated rings. The van der Waals surface area contributed by atoms with E-state index in [0.717, 1.165) is 39.0 Å². The maximum atomic E-state index is 4.82. The van der Waals surface area contributed by atoms with Crippen LogP contribution in [0.25, 0.3) is 0 Å². The predicted molar refractivity (Wildman–Crippen MR) is 62.1 cm³/mol. The Kier molecular flexibility index (Phi) is 2.61. The maximum absolute atomic E-state index is 4.82. The Morgan fingerprint density at radius 2 is 1.88 bits per heavy atom. The van der Waals surface area contributed by atoms with Crippen molar-refractivity contribution in [2.45, 2.75) is 32.4 Å². The van der Waals surface area contributed by atoms with Crippen LogP contribution >= 0.6 is 0 Å². The van der Waals surface area contributed by atoms with Gasteiger partial charge in [0, 0.05) is 26.1 Å². The SMILES string of the molecule is CN1CCc2nc3c(nc2C1)CNCCC3. The van der Waals surface area contributed by atoms with Crippen molar-refractivity contribution in [2.24, 2.45) is 0 Å². The van der Waals surface area contributed by atoms with E-state index in [1.165, 1.54) is 29.2 Å². The van der Waals surface area contributed by atoms with Crippen LogP contribution in [0.3, 0.4) is 0 Å². The van der Waals surface area contributed by atoms with Crippen LogP contribution < -0.4 is 5.32 Å². The van der Waals surface area contributed by atoms with Gasteiger partial charge in [-0.15, -0.1) is 0 Å². The second kappa shape index (κ2) is 4.11. The Morgan fingerprint density at radius 1 is 1.06 bits per heavy atom. The van der Waals surface area contributed by atoms with Crippen LogP contribution in [0.4, 0.5) is 0 Å². The van der Waals surface area contributed by atoms with E-state index in [1.54, 1.807) is 0 Å². The molecule has 2 aliphatic heterocycles. The normalized spacial score (nSPS) is 21.1. The first-order valence-electron chi connectivity index (χ1n) is 6.10.